The van der Waals surface area contributed by atoms with Gasteiger partial charge in [-0.3, -0.25) is 4.79 Å². The number of ether oxygens (including phenoxy) is 2. The summed E-state index contributed by atoms with van der Waals surface area (Å²) in [4.78, 5) is 22.2. The van der Waals surface area contributed by atoms with Gasteiger partial charge >= 0.3 is 0 Å². The molecule has 1 amide bonds. The summed E-state index contributed by atoms with van der Waals surface area (Å²) >= 11 is 1.38. The lowest BCUT2D eigenvalue weighted by atomic mass is 10.0. The predicted molar refractivity (Wildman–Crippen MR) is 129 cm³/mol. The Morgan fingerprint density at radius 3 is 2.70 bits per heavy atom. The van der Waals surface area contributed by atoms with Gasteiger partial charge in [-0.1, -0.05) is 66.4 Å². The van der Waals surface area contributed by atoms with Crippen molar-refractivity contribution in [2.45, 2.75) is 11.4 Å². The second-order valence-corrected chi connectivity index (χ2v) is 8.42. The van der Waals surface area contributed by atoms with Crippen LogP contribution in [-0.4, -0.2) is 28.7 Å². The zero-order valence-corrected chi connectivity index (χ0v) is 18.8. The van der Waals surface area contributed by atoms with E-state index in [-0.39, 0.29) is 11.7 Å². The third-order valence-corrected chi connectivity index (χ3v) is 6.22. The van der Waals surface area contributed by atoms with Crippen LogP contribution in [-0.2, 0) is 11.2 Å². The standard InChI is InChI=1S/C26H21N3O3S/c1-31-20-12-7-11-19(15-20)27-23(30)16-33-26-21-14-18-10-5-6-13-22(18)32-25(21)28-24(29-26)17-8-3-2-4-9-17/h2-13,15H,14,16H2,1H3,(H,27,30). The Bertz CT molecular complexity index is 1310. The molecule has 0 saturated heterocycles. The maximum atomic E-state index is 12.7. The second-order valence-electron chi connectivity index (χ2n) is 7.46. The molecule has 0 saturated carbocycles. The van der Waals surface area contributed by atoms with Crippen LogP contribution in [0, 0.1) is 0 Å². The molecule has 1 aliphatic heterocycles. The molecule has 1 aliphatic rings. The molecule has 7 heteroatoms. The van der Waals surface area contributed by atoms with E-state index in [1.807, 2.05) is 72.8 Å². The smallest absolute Gasteiger partial charge is 0.234 e. The monoisotopic (exact) mass is 455 g/mol. The number of carbonyl (C=O) groups excluding carboxylic acids is 1. The first-order valence-electron chi connectivity index (χ1n) is 10.5. The van der Waals surface area contributed by atoms with Crippen LogP contribution in [0.5, 0.6) is 17.4 Å². The van der Waals surface area contributed by atoms with Crippen molar-refractivity contribution < 1.29 is 14.3 Å². The first-order chi connectivity index (χ1) is 16.2. The fourth-order valence-corrected chi connectivity index (χ4v) is 4.42. The van der Waals surface area contributed by atoms with Crippen molar-refractivity contribution in [1.29, 1.82) is 0 Å². The molecule has 0 spiro atoms. The average Bonchev–Trinajstić information content (AvgIpc) is 2.86. The number of amides is 1. The van der Waals surface area contributed by atoms with Gasteiger partial charge in [-0.25, -0.2) is 4.98 Å². The minimum absolute atomic E-state index is 0.126. The number of hydrogen-bond acceptors (Lipinski definition) is 6. The van der Waals surface area contributed by atoms with Crippen molar-refractivity contribution in [3.05, 3.63) is 90.0 Å². The van der Waals surface area contributed by atoms with E-state index in [1.54, 1.807) is 13.2 Å². The molecule has 0 aliphatic carbocycles. The Morgan fingerprint density at radius 2 is 1.85 bits per heavy atom. The number of nitrogens with zero attached hydrogens (tertiary/aromatic N) is 2. The number of benzene rings is 3. The van der Waals surface area contributed by atoms with Crippen LogP contribution in [0.1, 0.15) is 11.1 Å². The summed E-state index contributed by atoms with van der Waals surface area (Å²) in [7, 11) is 1.60. The van der Waals surface area contributed by atoms with Crippen LogP contribution in [0.4, 0.5) is 5.69 Å². The van der Waals surface area contributed by atoms with Crippen molar-refractivity contribution >= 4 is 23.4 Å². The molecule has 4 aromatic rings. The molecule has 1 aromatic heterocycles. The lowest BCUT2D eigenvalue weighted by molar-refractivity contribution is -0.113. The lowest BCUT2D eigenvalue weighted by Gasteiger charge is -2.21. The quantitative estimate of drug-likeness (QED) is 0.266. The molecule has 33 heavy (non-hydrogen) atoms. The zero-order chi connectivity index (χ0) is 22.6. The van der Waals surface area contributed by atoms with Gasteiger partial charge in [0.25, 0.3) is 0 Å². The van der Waals surface area contributed by atoms with E-state index in [0.717, 1.165) is 27.5 Å². The summed E-state index contributed by atoms with van der Waals surface area (Å²) in [6.45, 7) is 0. The summed E-state index contributed by atoms with van der Waals surface area (Å²) in [6, 6.07) is 25.0. The number of carbonyl (C=O) groups is 1. The lowest BCUT2D eigenvalue weighted by Crippen LogP contribution is -2.15. The van der Waals surface area contributed by atoms with Crippen molar-refractivity contribution in [2.75, 3.05) is 18.2 Å². The maximum Gasteiger partial charge on any atom is 0.234 e. The van der Waals surface area contributed by atoms with Crippen molar-refractivity contribution in [2.24, 2.45) is 0 Å². The number of rotatable bonds is 6. The molecule has 0 atom stereocenters. The molecular weight excluding hydrogens is 434 g/mol. The molecule has 0 unspecified atom stereocenters. The van der Waals surface area contributed by atoms with Gasteiger partial charge < -0.3 is 14.8 Å². The number of anilines is 1. The van der Waals surface area contributed by atoms with E-state index in [2.05, 4.69) is 5.32 Å². The van der Waals surface area contributed by atoms with E-state index in [9.17, 15) is 4.79 Å². The van der Waals surface area contributed by atoms with E-state index in [0.29, 0.717) is 29.6 Å². The molecule has 5 rings (SSSR count). The highest BCUT2D eigenvalue weighted by Crippen LogP contribution is 2.40. The largest absolute Gasteiger partial charge is 0.497 e. The van der Waals surface area contributed by atoms with Crippen LogP contribution >= 0.6 is 11.8 Å². The highest BCUT2D eigenvalue weighted by Gasteiger charge is 2.24. The normalized spacial score (nSPS) is 11.7. The van der Waals surface area contributed by atoms with Crippen LogP contribution < -0.4 is 14.8 Å². The van der Waals surface area contributed by atoms with Crippen molar-refractivity contribution in [3.8, 4) is 28.8 Å². The summed E-state index contributed by atoms with van der Waals surface area (Å²) in [5, 5.41) is 3.66. The molecule has 0 radical (unpaired) electrons. The number of methoxy groups -OCH3 is 1. The van der Waals surface area contributed by atoms with Gasteiger partial charge in [-0.05, 0) is 23.8 Å². The SMILES string of the molecule is COc1cccc(NC(=O)CSc2nc(-c3ccccc3)nc3c2Cc2ccccc2O3)c1. The number of nitrogens with one attached hydrogen (secondary N) is 1. The summed E-state index contributed by atoms with van der Waals surface area (Å²) in [5.41, 5.74) is 3.55. The van der Waals surface area contributed by atoms with Crippen LogP contribution in [0.3, 0.4) is 0 Å². The van der Waals surface area contributed by atoms with Gasteiger partial charge in [-0.15, -0.1) is 0 Å². The van der Waals surface area contributed by atoms with Crippen LogP contribution in [0.15, 0.2) is 83.9 Å². The van der Waals surface area contributed by atoms with Crippen LogP contribution in [0.25, 0.3) is 11.4 Å². The van der Waals surface area contributed by atoms with Gasteiger partial charge in [-0.2, -0.15) is 4.98 Å². The fraction of sp³-hybridized carbons (Fsp3) is 0.115. The van der Waals surface area contributed by atoms with E-state index in [4.69, 9.17) is 19.4 Å². The van der Waals surface area contributed by atoms with Gasteiger partial charge in [0.15, 0.2) is 5.82 Å². The van der Waals surface area contributed by atoms with Gasteiger partial charge in [0, 0.05) is 23.7 Å². The number of para-hydroxylation sites is 1. The van der Waals surface area contributed by atoms with Gasteiger partial charge in [0.2, 0.25) is 11.8 Å². The minimum atomic E-state index is -0.126. The molecule has 0 fully saturated rings. The molecule has 2 heterocycles. The zero-order valence-electron chi connectivity index (χ0n) is 17.9. The Hall–Kier alpha value is -3.84. The van der Waals surface area contributed by atoms with Gasteiger partial charge in [0.1, 0.15) is 16.5 Å². The Kier molecular flexibility index (Phi) is 5.95. The van der Waals surface area contributed by atoms with E-state index >= 15 is 0 Å². The predicted octanol–water partition coefficient (Wildman–Crippen LogP) is 5.58. The van der Waals surface area contributed by atoms with E-state index in [1.165, 1.54) is 11.8 Å². The fourth-order valence-electron chi connectivity index (χ4n) is 3.59. The summed E-state index contributed by atoms with van der Waals surface area (Å²) in [6.07, 6.45) is 0.653. The summed E-state index contributed by atoms with van der Waals surface area (Å²) < 4.78 is 11.4. The molecule has 3 aromatic carbocycles. The number of aromatic nitrogens is 2. The Balaban J connectivity index is 1.41. The van der Waals surface area contributed by atoms with Crippen molar-refractivity contribution in [3.63, 3.8) is 0 Å². The first kappa shape index (κ1) is 21.0. The third-order valence-electron chi connectivity index (χ3n) is 5.20. The summed E-state index contributed by atoms with van der Waals surface area (Å²) in [5.74, 6) is 2.68. The molecule has 1 N–H and O–H groups in total. The second kappa shape index (κ2) is 9.34. The highest BCUT2D eigenvalue weighted by atomic mass is 32.2. The topological polar surface area (TPSA) is 73.3 Å². The molecule has 0 bridgehead atoms. The maximum absolute atomic E-state index is 12.7. The van der Waals surface area contributed by atoms with E-state index < -0.39 is 0 Å². The Morgan fingerprint density at radius 1 is 1.03 bits per heavy atom. The van der Waals surface area contributed by atoms with Gasteiger partial charge in [0.05, 0.1) is 18.4 Å². The highest BCUT2D eigenvalue weighted by molar-refractivity contribution is 8.00. The number of fused-ring (bicyclic) bond motifs is 2. The number of hydrogen-bond donors (Lipinski definition) is 1. The first-order valence-corrected chi connectivity index (χ1v) is 11.5. The van der Waals surface area contributed by atoms with Crippen LogP contribution in [0.2, 0.25) is 0 Å². The molecule has 6 nitrogen and oxygen atoms in total. The molecular formula is C26H21N3O3S. The minimum Gasteiger partial charge on any atom is -0.497 e. The number of thioether (sulfide) groups is 1. The van der Waals surface area contributed by atoms with Crippen molar-refractivity contribution in [1.82, 2.24) is 9.97 Å². The Labute approximate surface area is 196 Å². The third kappa shape index (κ3) is 4.68. The average molecular weight is 456 g/mol. The molecule has 164 valence electrons.